The van der Waals surface area contributed by atoms with E-state index in [0.29, 0.717) is 13.2 Å². The van der Waals surface area contributed by atoms with E-state index in [1.165, 1.54) is 6.08 Å². The van der Waals surface area contributed by atoms with Gasteiger partial charge in [-0.1, -0.05) is 116 Å². The first-order valence-corrected chi connectivity index (χ1v) is 11.8. The van der Waals surface area contributed by atoms with Gasteiger partial charge >= 0.3 is 5.97 Å². The lowest BCUT2D eigenvalue weighted by molar-refractivity contribution is -0.132. The lowest BCUT2D eigenvalue weighted by atomic mass is 10.0. The Morgan fingerprint density at radius 2 is 1.11 bits per heavy atom. The molecular weight excluding hydrogens is 452 g/mol. The van der Waals surface area contributed by atoms with Gasteiger partial charge in [0.05, 0.1) is 19.8 Å². The van der Waals surface area contributed by atoms with E-state index in [9.17, 15) is 9.90 Å². The van der Waals surface area contributed by atoms with E-state index in [0.717, 1.165) is 22.8 Å². The third kappa shape index (κ3) is 9.47. The second-order valence-corrected chi connectivity index (χ2v) is 8.10. The van der Waals surface area contributed by atoms with Crippen LogP contribution in [0.25, 0.3) is 0 Å². The molecule has 0 unspecified atom stereocenters. The Bertz CT molecular complexity index is 1090. The Balaban J connectivity index is 1.89. The highest BCUT2D eigenvalue weighted by molar-refractivity contribution is 5.79. The summed E-state index contributed by atoms with van der Waals surface area (Å²) in [5.74, 6) is -1.06. The van der Waals surface area contributed by atoms with Gasteiger partial charge in [-0.25, -0.2) is 4.79 Å². The molecule has 36 heavy (non-hydrogen) atoms. The molecule has 0 aromatic heterocycles. The van der Waals surface area contributed by atoms with E-state index in [-0.39, 0.29) is 6.61 Å². The van der Waals surface area contributed by atoms with Gasteiger partial charge < -0.3 is 19.3 Å². The van der Waals surface area contributed by atoms with Gasteiger partial charge in [-0.2, -0.15) is 0 Å². The molecule has 0 saturated heterocycles. The van der Waals surface area contributed by atoms with Gasteiger partial charge in [0, 0.05) is 6.08 Å². The minimum absolute atomic E-state index is 0.289. The number of rotatable bonds is 15. The fraction of sp³-hybridized carbons (Fsp3) is 0.194. The van der Waals surface area contributed by atoms with Crippen LogP contribution in [-0.4, -0.2) is 29.4 Å². The van der Waals surface area contributed by atoms with Crippen LogP contribution in [-0.2, 0) is 38.8 Å². The van der Waals surface area contributed by atoms with Crippen molar-refractivity contribution in [3.05, 3.63) is 145 Å². The zero-order chi connectivity index (χ0) is 25.4. The molecule has 5 nitrogen and oxygen atoms in total. The standard InChI is InChI=1S/C31H32O5/c1-2-3-19-28(34-22-25-13-7-4-8-14-25)31(36-24-27-17-11-6-12-18-27)29(20-21-30(32)33)35-23-26-15-9-5-10-16-26/h2-21,28-29,31H,1,22-24H2,(H,32,33)/b19-3+,21-20+/t28-,29+,31+/m1/s1. The first-order chi connectivity index (χ1) is 17.7. The second-order valence-electron chi connectivity index (χ2n) is 8.10. The highest BCUT2D eigenvalue weighted by Crippen LogP contribution is 2.20. The molecule has 3 aromatic carbocycles. The highest BCUT2D eigenvalue weighted by Gasteiger charge is 2.30. The van der Waals surface area contributed by atoms with Crippen molar-refractivity contribution in [1.29, 1.82) is 0 Å². The van der Waals surface area contributed by atoms with Crippen LogP contribution in [0.15, 0.2) is 128 Å². The molecule has 0 heterocycles. The number of allylic oxidation sites excluding steroid dienone is 2. The molecule has 1 N–H and O–H groups in total. The summed E-state index contributed by atoms with van der Waals surface area (Å²) in [4.78, 5) is 11.4. The molecule has 0 aliphatic carbocycles. The van der Waals surface area contributed by atoms with Crippen LogP contribution in [0.2, 0.25) is 0 Å². The maximum absolute atomic E-state index is 11.4. The van der Waals surface area contributed by atoms with Crippen LogP contribution in [0.3, 0.4) is 0 Å². The SMILES string of the molecule is C=C/C=C/[C@@H](OCc1ccccc1)[C@H](OCc1ccccc1)[C@H](/C=C/C(=O)O)OCc1ccccc1. The monoisotopic (exact) mass is 484 g/mol. The number of hydrogen-bond acceptors (Lipinski definition) is 4. The van der Waals surface area contributed by atoms with Gasteiger partial charge in [0.2, 0.25) is 0 Å². The summed E-state index contributed by atoms with van der Waals surface area (Å²) in [5.41, 5.74) is 2.97. The van der Waals surface area contributed by atoms with E-state index in [2.05, 4.69) is 6.58 Å². The smallest absolute Gasteiger partial charge is 0.328 e. The summed E-state index contributed by atoms with van der Waals surface area (Å²) in [5, 5.41) is 9.33. The van der Waals surface area contributed by atoms with Gasteiger partial charge in [-0.05, 0) is 22.8 Å². The summed E-state index contributed by atoms with van der Waals surface area (Å²) >= 11 is 0. The summed E-state index contributed by atoms with van der Waals surface area (Å²) in [6.45, 7) is 4.73. The van der Waals surface area contributed by atoms with Gasteiger partial charge in [-0.15, -0.1) is 0 Å². The number of benzene rings is 3. The van der Waals surface area contributed by atoms with Crippen LogP contribution in [0.4, 0.5) is 0 Å². The molecule has 3 atom stereocenters. The number of aliphatic carboxylic acids is 1. The molecule has 186 valence electrons. The van der Waals surface area contributed by atoms with E-state index in [1.54, 1.807) is 12.2 Å². The Labute approximate surface area is 213 Å². The van der Waals surface area contributed by atoms with Crippen molar-refractivity contribution in [2.45, 2.75) is 38.1 Å². The zero-order valence-corrected chi connectivity index (χ0v) is 20.2. The average molecular weight is 485 g/mol. The molecule has 0 fully saturated rings. The fourth-order valence-electron chi connectivity index (χ4n) is 3.56. The highest BCUT2D eigenvalue weighted by atomic mass is 16.6. The zero-order valence-electron chi connectivity index (χ0n) is 20.2. The Kier molecular flexibility index (Phi) is 11.4. The van der Waals surface area contributed by atoms with Crippen molar-refractivity contribution < 1.29 is 24.1 Å². The molecule has 5 heteroatoms. The maximum atomic E-state index is 11.4. The van der Waals surface area contributed by atoms with Crippen molar-refractivity contribution in [1.82, 2.24) is 0 Å². The molecule has 3 aromatic rings. The maximum Gasteiger partial charge on any atom is 0.328 e. The lowest BCUT2D eigenvalue weighted by Crippen LogP contribution is -2.41. The van der Waals surface area contributed by atoms with Crippen molar-refractivity contribution >= 4 is 5.97 Å². The number of carboxylic acids is 1. The lowest BCUT2D eigenvalue weighted by Gasteiger charge is -2.31. The quantitative estimate of drug-likeness (QED) is 0.208. The summed E-state index contributed by atoms with van der Waals surface area (Å²) in [7, 11) is 0. The predicted octanol–water partition coefficient (Wildman–Crippen LogP) is 6.13. The Hall–Kier alpha value is -3.77. The normalized spacial score (nSPS) is 14.0. The number of carboxylic acid groups (broad SMARTS) is 1. The molecule has 0 amide bonds. The molecule has 3 rings (SSSR count). The van der Waals surface area contributed by atoms with Crippen molar-refractivity contribution in [3.63, 3.8) is 0 Å². The van der Waals surface area contributed by atoms with Crippen LogP contribution in [0.1, 0.15) is 16.7 Å². The summed E-state index contributed by atoms with van der Waals surface area (Å²) in [6.07, 6.45) is 6.06. The molecule has 0 spiro atoms. The fourth-order valence-corrected chi connectivity index (χ4v) is 3.56. The van der Waals surface area contributed by atoms with Crippen molar-refractivity contribution in [2.75, 3.05) is 0 Å². The van der Waals surface area contributed by atoms with Crippen LogP contribution >= 0.6 is 0 Å². The van der Waals surface area contributed by atoms with E-state index < -0.39 is 24.3 Å². The van der Waals surface area contributed by atoms with E-state index in [1.807, 2.05) is 97.1 Å². The van der Waals surface area contributed by atoms with Crippen molar-refractivity contribution in [2.24, 2.45) is 0 Å². The van der Waals surface area contributed by atoms with Crippen molar-refractivity contribution in [3.8, 4) is 0 Å². The third-order valence-electron chi connectivity index (χ3n) is 5.37. The number of hydrogen-bond donors (Lipinski definition) is 1. The minimum Gasteiger partial charge on any atom is -0.478 e. The molecule has 0 bridgehead atoms. The largest absolute Gasteiger partial charge is 0.478 e. The molecule has 0 radical (unpaired) electrons. The minimum atomic E-state index is -1.06. The average Bonchev–Trinajstić information content (AvgIpc) is 2.92. The van der Waals surface area contributed by atoms with Gasteiger partial charge in [-0.3, -0.25) is 0 Å². The van der Waals surface area contributed by atoms with Gasteiger partial charge in [0.25, 0.3) is 0 Å². The molecule has 0 aliphatic rings. The Morgan fingerprint density at radius 3 is 1.53 bits per heavy atom. The Morgan fingerprint density at radius 1 is 0.694 bits per heavy atom. The van der Waals surface area contributed by atoms with Gasteiger partial charge in [0.15, 0.2) is 0 Å². The third-order valence-corrected chi connectivity index (χ3v) is 5.37. The number of carbonyl (C=O) groups is 1. The topological polar surface area (TPSA) is 65.0 Å². The van der Waals surface area contributed by atoms with Crippen LogP contribution in [0, 0.1) is 0 Å². The first-order valence-electron chi connectivity index (χ1n) is 11.8. The van der Waals surface area contributed by atoms with Crippen LogP contribution < -0.4 is 0 Å². The molecule has 0 saturated carbocycles. The summed E-state index contributed by atoms with van der Waals surface area (Å²) in [6, 6.07) is 29.3. The van der Waals surface area contributed by atoms with Crippen LogP contribution in [0.5, 0.6) is 0 Å². The van der Waals surface area contributed by atoms with E-state index in [4.69, 9.17) is 14.2 Å². The second kappa shape index (κ2) is 15.3. The first kappa shape index (κ1) is 26.8. The number of ether oxygens (including phenoxy) is 3. The molecular formula is C31H32O5. The van der Waals surface area contributed by atoms with E-state index >= 15 is 0 Å². The summed E-state index contributed by atoms with van der Waals surface area (Å²) < 4.78 is 18.9. The van der Waals surface area contributed by atoms with Gasteiger partial charge in [0.1, 0.15) is 18.3 Å². The molecule has 0 aliphatic heterocycles. The predicted molar refractivity (Wildman–Crippen MR) is 141 cm³/mol.